The van der Waals surface area contributed by atoms with E-state index in [1.807, 2.05) is 31.2 Å². The monoisotopic (exact) mass is 400 g/mol. The van der Waals surface area contributed by atoms with Crippen molar-refractivity contribution in [3.8, 4) is 11.5 Å². The molecule has 1 heterocycles. The van der Waals surface area contributed by atoms with Crippen molar-refractivity contribution in [1.29, 1.82) is 0 Å². The SMILES string of the molecule is CCOc1ccc(OCC(=O)NCC(O)c2ccc(N3CCOCC3)cc2)cc1. The van der Waals surface area contributed by atoms with E-state index in [2.05, 4.69) is 10.2 Å². The van der Waals surface area contributed by atoms with Crippen LogP contribution in [0.5, 0.6) is 11.5 Å². The molecule has 156 valence electrons. The highest BCUT2D eigenvalue weighted by Crippen LogP contribution is 2.20. The maximum absolute atomic E-state index is 12.0. The van der Waals surface area contributed by atoms with Crippen molar-refractivity contribution in [2.75, 3.05) is 51.0 Å². The molecule has 0 bridgehead atoms. The molecular weight excluding hydrogens is 372 g/mol. The van der Waals surface area contributed by atoms with Gasteiger partial charge in [0.25, 0.3) is 5.91 Å². The maximum atomic E-state index is 12.0. The first-order chi connectivity index (χ1) is 14.2. The Labute approximate surface area is 171 Å². The summed E-state index contributed by atoms with van der Waals surface area (Å²) in [5, 5.41) is 13.0. The van der Waals surface area contributed by atoms with Crippen molar-refractivity contribution >= 4 is 11.6 Å². The van der Waals surface area contributed by atoms with Gasteiger partial charge in [0.15, 0.2) is 6.61 Å². The van der Waals surface area contributed by atoms with Gasteiger partial charge >= 0.3 is 0 Å². The number of benzene rings is 2. The first kappa shape index (κ1) is 21.0. The minimum absolute atomic E-state index is 0.114. The molecule has 2 aromatic rings. The topological polar surface area (TPSA) is 80.3 Å². The third kappa shape index (κ3) is 6.37. The molecule has 1 aliphatic heterocycles. The first-order valence-electron chi connectivity index (χ1n) is 9.89. The summed E-state index contributed by atoms with van der Waals surface area (Å²) in [6.07, 6.45) is -0.775. The Hall–Kier alpha value is -2.77. The van der Waals surface area contributed by atoms with Gasteiger partial charge in [-0.05, 0) is 48.9 Å². The van der Waals surface area contributed by atoms with E-state index in [1.165, 1.54) is 0 Å². The molecule has 7 heteroatoms. The molecule has 29 heavy (non-hydrogen) atoms. The molecule has 2 aromatic carbocycles. The van der Waals surface area contributed by atoms with Crippen LogP contribution in [0.4, 0.5) is 5.69 Å². The van der Waals surface area contributed by atoms with Crippen molar-refractivity contribution in [3.05, 3.63) is 54.1 Å². The molecule has 1 unspecified atom stereocenters. The van der Waals surface area contributed by atoms with Gasteiger partial charge < -0.3 is 29.5 Å². The summed E-state index contributed by atoms with van der Waals surface area (Å²) in [4.78, 5) is 14.2. The molecule has 0 saturated carbocycles. The number of aliphatic hydroxyl groups is 1. The quantitative estimate of drug-likeness (QED) is 0.671. The van der Waals surface area contributed by atoms with E-state index in [9.17, 15) is 9.90 Å². The van der Waals surface area contributed by atoms with Crippen LogP contribution >= 0.6 is 0 Å². The van der Waals surface area contributed by atoms with Crippen molar-refractivity contribution in [1.82, 2.24) is 5.32 Å². The third-order valence-corrected chi connectivity index (χ3v) is 4.65. The molecule has 7 nitrogen and oxygen atoms in total. The van der Waals surface area contributed by atoms with Crippen molar-refractivity contribution in [2.45, 2.75) is 13.0 Å². The van der Waals surface area contributed by atoms with Gasteiger partial charge in [-0.3, -0.25) is 4.79 Å². The molecule has 0 radical (unpaired) electrons. The van der Waals surface area contributed by atoms with Crippen LogP contribution in [-0.4, -0.2) is 57.1 Å². The second-order valence-electron chi connectivity index (χ2n) is 6.70. The number of ether oxygens (including phenoxy) is 3. The number of hydrogen-bond acceptors (Lipinski definition) is 6. The summed E-state index contributed by atoms with van der Waals surface area (Å²) in [6.45, 7) is 5.73. The lowest BCUT2D eigenvalue weighted by Crippen LogP contribution is -2.36. The predicted molar refractivity (Wildman–Crippen MR) is 111 cm³/mol. The number of rotatable bonds is 9. The van der Waals surface area contributed by atoms with Gasteiger partial charge in [0.05, 0.1) is 25.9 Å². The minimum atomic E-state index is -0.775. The molecule has 2 N–H and O–H groups in total. The van der Waals surface area contributed by atoms with Crippen molar-refractivity contribution in [3.63, 3.8) is 0 Å². The normalized spacial score (nSPS) is 14.9. The van der Waals surface area contributed by atoms with Crippen LogP contribution in [0.25, 0.3) is 0 Å². The lowest BCUT2D eigenvalue weighted by atomic mass is 10.1. The summed E-state index contributed by atoms with van der Waals surface area (Å²) < 4.78 is 16.2. The Bertz CT molecular complexity index is 758. The Morgan fingerprint density at radius 2 is 1.69 bits per heavy atom. The standard InChI is InChI=1S/C22H28N2O5/c1-2-28-19-7-9-20(10-8-19)29-16-22(26)23-15-21(25)17-3-5-18(6-4-17)24-11-13-27-14-12-24/h3-10,21,25H,2,11-16H2,1H3,(H,23,26). The molecule has 1 atom stereocenters. The number of aliphatic hydroxyl groups excluding tert-OH is 1. The summed E-state index contributed by atoms with van der Waals surface area (Å²) in [6, 6.07) is 14.8. The number of morpholine rings is 1. The molecule has 1 amide bonds. The summed E-state index contributed by atoms with van der Waals surface area (Å²) in [5.74, 6) is 1.05. The maximum Gasteiger partial charge on any atom is 0.258 e. The van der Waals surface area contributed by atoms with E-state index in [-0.39, 0.29) is 19.1 Å². The molecule has 3 rings (SSSR count). The van der Waals surface area contributed by atoms with Gasteiger partial charge in [-0.15, -0.1) is 0 Å². The van der Waals surface area contributed by atoms with E-state index in [1.54, 1.807) is 24.3 Å². The Kier molecular flexibility index (Phi) is 7.72. The molecular formula is C22H28N2O5. The van der Waals surface area contributed by atoms with Crippen LogP contribution in [0.1, 0.15) is 18.6 Å². The van der Waals surface area contributed by atoms with E-state index in [0.29, 0.717) is 12.4 Å². The number of carbonyl (C=O) groups is 1. The van der Waals surface area contributed by atoms with Crippen LogP contribution in [0, 0.1) is 0 Å². The average Bonchev–Trinajstić information content (AvgIpc) is 2.78. The molecule has 0 aromatic heterocycles. The van der Waals surface area contributed by atoms with E-state index < -0.39 is 6.10 Å². The first-order valence-corrected chi connectivity index (χ1v) is 9.89. The van der Waals surface area contributed by atoms with Gasteiger partial charge in [0.1, 0.15) is 11.5 Å². The second kappa shape index (κ2) is 10.7. The van der Waals surface area contributed by atoms with Crippen LogP contribution < -0.4 is 19.7 Å². The van der Waals surface area contributed by atoms with Crippen LogP contribution in [0.15, 0.2) is 48.5 Å². The lowest BCUT2D eigenvalue weighted by molar-refractivity contribution is -0.123. The third-order valence-electron chi connectivity index (χ3n) is 4.65. The average molecular weight is 400 g/mol. The second-order valence-corrected chi connectivity index (χ2v) is 6.70. The number of carbonyl (C=O) groups excluding carboxylic acids is 1. The largest absolute Gasteiger partial charge is 0.494 e. The number of amides is 1. The van der Waals surface area contributed by atoms with Gasteiger partial charge in [0, 0.05) is 25.3 Å². The zero-order chi connectivity index (χ0) is 20.5. The molecule has 0 spiro atoms. The zero-order valence-corrected chi connectivity index (χ0v) is 16.7. The molecule has 0 aliphatic carbocycles. The fourth-order valence-corrected chi connectivity index (χ4v) is 3.06. The van der Waals surface area contributed by atoms with Crippen LogP contribution in [-0.2, 0) is 9.53 Å². The molecule has 1 saturated heterocycles. The highest BCUT2D eigenvalue weighted by molar-refractivity contribution is 5.77. The fraction of sp³-hybridized carbons (Fsp3) is 0.409. The van der Waals surface area contributed by atoms with E-state index in [0.717, 1.165) is 43.3 Å². The number of anilines is 1. The van der Waals surface area contributed by atoms with Gasteiger partial charge in [0.2, 0.25) is 0 Å². The molecule has 1 aliphatic rings. The number of nitrogens with zero attached hydrogens (tertiary/aromatic N) is 1. The summed E-state index contributed by atoms with van der Waals surface area (Å²) in [5.41, 5.74) is 1.87. The van der Waals surface area contributed by atoms with Crippen LogP contribution in [0.2, 0.25) is 0 Å². The Balaban J connectivity index is 1.41. The van der Waals surface area contributed by atoms with Gasteiger partial charge in [-0.2, -0.15) is 0 Å². The van der Waals surface area contributed by atoms with Crippen LogP contribution in [0.3, 0.4) is 0 Å². The predicted octanol–water partition coefficient (Wildman–Crippen LogP) is 2.15. The number of hydrogen-bond donors (Lipinski definition) is 2. The number of nitrogens with one attached hydrogen (secondary N) is 1. The Morgan fingerprint density at radius 3 is 2.31 bits per heavy atom. The fourth-order valence-electron chi connectivity index (χ4n) is 3.06. The van der Waals surface area contributed by atoms with E-state index >= 15 is 0 Å². The lowest BCUT2D eigenvalue weighted by Gasteiger charge is -2.29. The van der Waals surface area contributed by atoms with E-state index in [4.69, 9.17) is 14.2 Å². The van der Waals surface area contributed by atoms with Gasteiger partial charge in [-0.1, -0.05) is 12.1 Å². The van der Waals surface area contributed by atoms with Crippen molar-refractivity contribution in [2.24, 2.45) is 0 Å². The minimum Gasteiger partial charge on any atom is -0.494 e. The highest BCUT2D eigenvalue weighted by Gasteiger charge is 2.13. The Morgan fingerprint density at radius 1 is 1.07 bits per heavy atom. The highest BCUT2D eigenvalue weighted by atomic mass is 16.5. The van der Waals surface area contributed by atoms with Gasteiger partial charge in [-0.25, -0.2) is 0 Å². The smallest absolute Gasteiger partial charge is 0.258 e. The summed E-state index contributed by atoms with van der Waals surface area (Å²) >= 11 is 0. The molecule has 1 fully saturated rings. The van der Waals surface area contributed by atoms with Crippen molar-refractivity contribution < 1.29 is 24.1 Å². The summed E-state index contributed by atoms with van der Waals surface area (Å²) in [7, 11) is 0. The zero-order valence-electron chi connectivity index (χ0n) is 16.7.